The summed E-state index contributed by atoms with van der Waals surface area (Å²) in [6, 6.07) is 4.96. The number of hydrogen-bond acceptors (Lipinski definition) is 6. The second-order valence-electron chi connectivity index (χ2n) is 9.30. The zero-order valence-corrected chi connectivity index (χ0v) is 20.1. The number of carbonyl (C=O) groups excluding carboxylic acids is 3. The van der Waals surface area contributed by atoms with Crippen LogP contribution in [-0.2, 0) is 35.4 Å². The lowest BCUT2D eigenvalue weighted by Gasteiger charge is -2.31. The van der Waals surface area contributed by atoms with Gasteiger partial charge in [-0.15, -0.1) is 0 Å². The van der Waals surface area contributed by atoms with Gasteiger partial charge in [0.2, 0.25) is 11.8 Å². The third-order valence-corrected chi connectivity index (χ3v) is 8.56. The fraction of sp³-hybridized carbons (Fsp3) is 0.625. The average Bonchev–Trinajstić information content (AvgIpc) is 3.59. The molecule has 0 bridgehead atoms. The van der Waals surface area contributed by atoms with Crippen molar-refractivity contribution >= 4 is 33.3 Å². The fourth-order valence-corrected chi connectivity index (χ4v) is 6.06. The summed E-state index contributed by atoms with van der Waals surface area (Å²) in [7, 11) is -3.63. The Morgan fingerprint density at radius 2 is 1.76 bits per heavy atom. The standard InChI is InChI=1S/C24H32N2O6S/c1-3-32-24(29)18-8-11-25(12-9-18)22(27)10-13-33(30,31)20-6-7-21-19(15-20)14-16(2)26(21)23(28)17-4-5-17/h6-7,15-18H,3-5,8-14H2,1-2H3. The molecule has 8 nitrogen and oxygen atoms in total. The Bertz CT molecular complexity index is 1040. The fourth-order valence-electron chi connectivity index (χ4n) is 4.79. The van der Waals surface area contributed by atoms with Crippen molar-refractivity contribution in [3.05, 3.63) is 23.8 Å². The maximum Gasteiger partial charge on any atom is 0.309 e. The number of esters is 1. The molecule has 2 fully saturated rings. The van der Waals surface area contributed by atoms with Gasteiger partial charge in [0.15, 0.2) is 9.84 Å². The topological polar surface area (TPSA) is 101 Å². The number of hydrogen-bond donors (Lipinski definition) is 0. The molecule has 0 N–H and O–H groups in total. The minimum atomic E-state index is -3.63. The number of nitrogens with zero attached hydrogens (tertiary/aromatic N) is 2. The number of amides is 2. The summed E-state index contributed by atoms with van der Waals surface area (Å²) in [6.07, 6.45) is 3.47. The Morgan fingerprint density at radius 3 is 2.39 bits per heavy atom. The maximum atomic E-state index is 12.9. The Labute approximate surface area is 195 Å². The van der Waals surface area contributed by atoms with Crippen LogP contribution in [0, 0.1) is 11.8 Å². The van der Waals surface area contributed by atoms with Crippen molar-refractivity contribution in [2.45, 2.75) is 63.3 Å². The zero-order chi connectivity index (χ0) is 23.8. The van der Waals surface area contributed by atoms with Gasteiger partial charge < -0.3 is 14.5 Å². The highest BCUT2D eigenvalue weighted by Gasteiger charge is 2.40. The average molecular weight is 477 g/mol. The van der Waals surface area contributed by atoms with Crippen molar-refractivity contribution in [3.8, 4) is 0 Å². The Balaban J connectivity index is 1.35. The summed E-state index contributed by atoms with van der Waals surface area (Å²) in [5.41, 5.74) is 1.67. The number of anilines is 1. The van der Waals surface area contributed by atoms with E-state index in [2.05, 4.69) is 0 Å². The molecule has 1 aromatic carbocycles. The summed E-state index contributed by atoms with van der Waals surface area (Å²) in [5.74, 6) is -0.655. The van der Waals surface area contributed by atoms with Gasteiger partial charge in [0.05, 0.1) is 23.2 Å². The van der Waals surface area contributed by atoms with E-state index in [0.717, 1.165) is 24.1 Å². The number of ether oxygens (including phenoxy) is 1. The highest BCUT2D eigenvalue weighted by Crippen LogP contribution is 2.39. The number of piperidine rings is 1. The second-order valence-corrected chi connectivity index (χ2v) is 11.4. The normalized spacial score (nSPS) is 21.1. The molecule has 180 valence electrons. The molecule has 9 heteroatoms. The van der Waals surface area contributed by atoms with Crippen molar-refractivity contribution < 1.29 is 27.5 Å². The molecule has 33 heavy (non-hydrogen) atoms. The minimum absolute atomic E-state index is 0.0187. The molecule has 2 heterocycles. The van der Waals surface area contributed by atoms with Gasteiger partial charge in [-0.1, -0.05) is 0 Å². The molecule has 4 rings (SSSR count). The van der Waals surface area contributed by atoms with E-state index in [1.165, 1.54) is 0 Å². The van der Waals surface area contributed by atoms with Gasteiger partial charge in [0, 0.05) is 37.2 Å². The molecule has 1 saturated heterocycles. The van der Waals surface area contributed by atoms with Crippen LogP contribution in [-0.4, -0.2) is 62.6 Å². The van der Waals surface area contributed by atoms with Crippen LogP contribution < -0.4 is 4.90 Å². The molecule has 1 atom stereocenters. The maximum absolute atomic E-state index is 12.9. The lowest BCUT2D eigenvalue weighted by Crippen LogP contribution is -2.41. The van der Waals surface area contributed by atoms with E-state index in [1.54, 1.807) is 30.0 Å². The molecule has 0 aromatic heterocycles. The van der Waals surface area contributed by atoms with E-state index in [0.29, 0.717) is 39.0 Å². The molecule has 0 spiro atoms. The van der Waals surface area contributed by atoms with E-state index in [1.807, 2.05) is 11.8 Å². The van der Waals surface area contributed by atoms with Gasteiger partial charge >= 0.3 is 5.97 Å². The Morgan fingerprint density at radius 1 is 1.06 bits per heavy atom. The lowest BCUT2D eigenvalue weighted by atomic mass is 9.97. The number of rotatable bonds is 7. The van der Waals surface area contributed by atoms with Crippen LogP contribution in [0.15, 0.2) is 23.1 Å². The summed E-state index contributed by atoms with van der Waals surface area (Å²) in [4.78, 5) is 40.7. The summed E-state index contributed by atoms with van der Waals surface area (Å²) in [5, 5.41) is 0. The SMILES string of the molecule is CCOC(=O)C1CCN(C(=O)CCS(=O)(=O)c2ccc3c(c2)CC(C)N3C(=O)C2CC2)CC1. The van der Waals surface area contributed by atoms with E-state index in [4.69, 9.17) is 4.74 Å². The van der Waals surface area contributed by atoms with Crippen molar-refractivity contribution in [1.82, 2.24) is 4.90 Å². The van der Waals surface area contributed by atoms with Gasteiger partial charge in [-0.3, -0.25) is 14.4 Å². The third kappa shape index (κ3) is 5.08. The van der Waals surface area contributed by atoms with Crippen LogP contribution in [0.3, 0.4) is 0 Å². The highest BCUT2D eigenvalue weighted by atomic mass is 32.2. The molecule has 0 radical (unpaired) electrons. The molecule has 2 amide bonds. The molecular formula is C24H32N2O6S. The first-order chi connectivity index (χ1) is 15.7. The summed E-state index contributed by atoms with van der Waals surface area (Å²) >= 11 is 0. The first-order valence-electron chi connectivity index (χ1n) is 11.8. The number of sulfone groups is 1. The largest absolute Gasteiger partial charge is 0.466 e. The Kier molecular flexibility index (Phi) is 6.79. The summed E-state index contributed by atoms with van der Waals surface area (Å²) in [6.45, 7) is 4.96. The smallest absolute Gasteiger partial charge is 0.309 e. The quantitative estimate of drug-likeness (QED) is 0.560. The molecule has 1 unspecified atom stereocenters. The predicted molar refractivity (Wildman–Crippen MR) is 122 cm³/mol. The molecule has 3 aliphatic rings. The van der Waals surface area contributed by atoms with Crippen LogP contribution in [0.2, 0.25) is 0 Å². The van der Waals surface area contributed by atoms with E-state index < -0.39 is 9.84 Å². The zero-order valence-electron chi connectivity index (χ0n) is 19.3. The van der Waals surface area contributed by atoms with Crippen LogP contribution in [0.1, 0.15) is 51.5 Å². The molecule has 2 aliphatic heterocycles. The molecule has 1 saturated carbocycles. The molecule has 1 aliphatic carbocycles. The predicted octanol–water partition coefficient (Wildman–Crippen LogP) is 2.34. The van der Waals surface area contributed by atoms with Gasteiger partial charge in [-0.05, 0) is 69.7 Å². The van der Waals surface area contributed by atoms with Crippen molar-refractivity contribution in [2.75, 3.05) is 30.3 Å². The lowest BCUT2D eigenvalue weighted by molar-refractivity contribution is -0.151. The number of likely N-dealkylation sites (tertiary alicyclic amines) is 1. The second kappa shape index (κ2) is 9.44. The Hall–Kier alpha value is -2.42. The number of carbonyl (C=O) groups is 3. The first kappa shape index (κ1) is 23.7. The monoisotopic (exact) mass is 476 g/mol. The third-order valence-electron chi connectivity index (χ3n) is 6.84. The van der Waals surface area contributed by atoms with Gasteiger partial charge in [0.1, 0.15) is 0 Å². The number of benzene rings is 1. The molecule has 1 aromatic rings. The minimum Gasteiger partial charge on any atom is -0.466 e. The van der Waals surface area contributed by atoms with E-state index in [-0.39, 0.29) is 52.7 Å². The van der Waals surface area contributed by atoms with Crippen molar-refractivity contribution in [3.63, 3.8) is 0 Å². The summed E-state index contributed by atoms with van der Waals surface area (Å²) < 4.78 is 30.9. The van der Waals surface area contributed by atoms with Gasteiger partial charge in [0.25, 0.3) is 0 Å². The van der Waals surface area contributed by atoms with Crippen LogP contribution in [0.4, 0.5) is 5.69 Å². The van der Waals surface area contributed by atoms with Gasteiger partial charge in [-0.2, -0.15) is 0 Å². The van der Waals surface area contributed by atoms with Crippen LogP contribution in [0.25, 0.3) is 0 Å². The first-order valence-corrected chi connectivity index (χ1v) is 13.5. The van der Waals surface area contributed by atoms with E-state index in [9.17, 15) is 22.8 Å². The van der Waals surface area contributed by atoms with Crippen molar-refractivity contribution in [2.24, 2.45) is 11.8 Å². The van der Waals surface area contributed by atoms with Crippen LogP contribution in [0.5, 0.6) is 0 Å². The van der Waals surface area contributed by atoms with E-state index >= 15 is 0 Å². The highest BCUT2D eigenvalue weighted by molar-refractivity contribution is 7.91. The van der Waals surface area contributed by atoms with Gasteiger partial charge in [-0.25, -0.2) is 8.42 Å². The molecular weight excluding hydrogens is 444 g/mol. The van der Waals surface area contributed by atoms with Crippen molar-refractivity contribution in [1.29, 1.82) is 0 Å². The van der Waals surface area contributed by atoms with Crippen LogP contribution >= 0.6 is 0 Å². The number of fused-ring (bicyclic) bond motifs is 1.